The summed E-state index contributed by atoms with van der Waals surface area (Å²) in [5.41, 5.74) is 3.65. The van der Waals surface area contributed by atoms with Crippen molar-refractivity contribution in [3.63, 3.8) is 0 Å². The number of ether oxygens (including phenoxy) is 4. The molecule has 1 unspecified atom stereocenters. The number of amides is 1. The molecule has 4 heterocycles. The summed E-state index contributed by atoms with van der Waals surface area (Å²) in [5.74, 6) is -0.0151. The lowest BCUT2D eigenvalue weighted by molar-refractivity contribution is 0.0352. The fourth-order valence-electron chi connectivity index (χ4n) is 4.82. The number of aromatic nitrogens is 2. The Bertz CT molecular complexity index is 1250. The van der Waals surface area contributed by atoms with E-state index in [1.165, 1.54) is 13.2 Å². The van der Waals surface area contributed by atoms with Gasteiger partial charge in [-0.1, -0.05) is 12.5 Å². The molecule has 37 heavy (non-hydrogen) atoms. The van der Waals surface area contributed by atoms with Gasteiger partial charge in [0.1, 0.15) is 12.4 Å². The lowest BCUT2D eigenvalue weighted by atomic mass is 9.91. The van der Waals surface area contributed by atoms with Gasteiger partial charge in [-0.25, -0.2) is 4.39 Å². The van der Waals surface area contributed by atoms with Gasteiger partial charge in [0.25, 0.3) is 5.91 Å². The van der Waals surface area contributed by atoms with Crippen LogP contribution in [0.3, 0.4) is 0 Å². The Balaban J connectivity index is 1.62. The van der Waals surface area contributed by atoms with Crippen LogP contribution in [0, 0.1) is 5.82 Å². The Labute approximate surface area is 214 Å². The van der Waals surface area contributed by atoms with Crippen molar-refractivity contribution in [2.75, 3.05) is 52.0 Å². The summed E-state index contributed by atoms with van der Waals surface area (Å²) in [6.45, 7) is 2.95. The molecular weight excluding hydrogens is 479 g/mol. The first-order chi connectivity index (χ1) is 18.2. The summed E-state index contributed by atoms with van der Waals surface area (Å²) in [6.07, 6.45) is 6.03. The molecule has 0 radical (unpaired) electrons. The number of fused-ring (bicyclic) bond motifs is 3. The van der Waals surface area contributed by atoms with E-state index in [0.717, 1.165) is 30.5 Å². The van der Waals surface area contributed by atoms with E-state index in [1.54, 1.807) is 24.5 Å². The average Bonchev–Trinajstić information content (AvgIpc) is 3.28. The fraction of sp³-hybridized carbons (Fsp3) is 0.407. The number of carbonyl (C=O) groups excluding carboxylic acids is 1. The lowest BCUT2D eigenvalue weighted by Crippen LogP contribution is -2.35. The maximum atomic E-state index is 14.5. The smallest absolute Gasteiger partial charge is 0.255 e. The molecule has 1 atom stereocenters. The van der Waals surface area contributed by atoms with Crippen molar-refractivity contribution in [2.24, 2.45) is 0 Å². The van der Waals surface area contributed by atoms with Crippen LogP contribution in [0.15, 0.2) is 36.7 Å². The minimum atomic E-state index is -0.502. The van der Waals surface area contributed by atoms with Crippen LogP contribution in [0.5, 0.6) is 11.5 Å². The van der Waals surface area contributed by atoms with Gasteiger partial charge >= 0.3 is 0 Å². The third-order valence-electron chi connectivity index (χ3n) is 6.61. The maximum absolute atomic E-state index is 14.5. The second-order valence-electron chi connectivity index (χ2n) is 8.96. The third kappa shape index (κ3) is 5.40. The Kier molecular flexibility index (Phi) is 7.86. The van der Waals surface area contributed by atoms with Crippen molar-refractivity contribution in [3.8, 4) is 22.8 Å². The number of nitrogens with one attached hydrogen (secondary N) is 3. The van der Waals surface area contributed by atoms with Gasteiger partial charge in [-0.15, -0.1) is 0 Å². The van der Waals surface area contributed by atoms with E-state index in [1.807, 2.05) is 6.07 Å². The number of pyridine rings is 1. The number of nitrogens with zero attached hydrogens (tertiary/aromatic N) is 1. The van der Waals surface area contributed by atoms with Crippen molar-refractivity contribution in [3.05, 3.63) is 53.7 Å². The van der Waals surface area contributed by atoms with Crippen LogP contribution in [0.2, 0.25) is 0 Å². The van der Waals surface area contributed by atoms with Crippen molar-refractivity contribution in [1.29, 1.82) is 0 Å². The van der Waals surface area contributed by atoms with E-state index in [4.69, 9.17) is 18.9 Å². The van der Waals surface area contributed by atoms with Gasteiger partial charge in [0.2, 0.25) is 0 Å². The van der Waals surface area contributed by atoms with Gasteiger partial charge in [-0.3, -0.25) is 9.78 Å². The largest absolute Gasteiger partial charge is 0.492 e. The highest BCUT2D eigenvalue weighted by Crippen LogP contribution is 2.44. The zero-order valence-electron chi connectivity index (χ0n) is 20.8. The molecule has 3 N–H and O–H groups in total. The van der Waals surface area contributed by atoms with E-state index in [0.29, 0.717) is 68.0 Å². The van der Waals surface area contributed by atoms with Crippen LogP contribution in [0.25, 0.3) is 11.3 Å². The molecule has 0 fully saturated rings. The highest BCUT2D eigenvalue weighted by atomic mass is 19.1. The number of hydrogen-bond acceptors (Lipinski definition) is 7. The first kappa shape index (κ1) is 25.0. The number of hydrogen-bond donors (Lipinski definition) is 3. The summed E-state index contributed by atoms with van der Waals surface area (Å²) in [5, 5.41) is 6.33. The van der Waals surface area contributed by atoms with E-state index in [-0.39, 0.29) is 17.6 Å². The first-order valence-corrected chi connectivity index (χ1v) is 12.5. The molecule has 10 heteroatoms. The minimum Gasteiger partial charge on any atom is -0.492 e. The van der Waals surface area contributed by atoms with Crippen LogP contribution < -0.4 is 20.1 Å². The normalized spacial score (nSPS) is 18.6. The Morgan fingerprint density at radius 3 is 2.81 bits per heavy atom. The van der Waals surface area contributed by atoms with E-state index >= 15 is 0 Å². The predicted molar refractivity (Wildman–Crippen MR) is 136 cm³/mol. The number of aromatic amines is 1. The van der Waals surface area contributed by atoms with Crippen LogP contribution in [-0.2, 0) is 9.47 Å². The molecule has 0 saturated heterocycles. The van der Waals surface area contributed by atoms with Crippen molar-refractivity contribution in [2.45, 2.75) is 25.2 Å². The van der Waals surface area contributed by atoms with Crippen molar-refractivity contribution < 1.29 is 28.1 Å². The molecule has 3 aromatic rings. The van der Waals surface area contributed by atoms with E-state index < -0.39 is 5.82 Å². The van der Waals surface area contributed by atoms with Crippen LogP contribution in [0.1, 0.15) is 41.2 Å². The highest BCUT2D eigenvalue weighted by molar-refractivity contribution is 6.07. The summed E-state index contributed by atoms with van der Waals surface area (Å²) in [4.78, 5) is 21.0. The zero-order chi connectivity index (χ0) is 25.6. The van der Waals surface area contributed by atoms with Crippen LogP contribution in [0.4, 0.5) is 15.8 Å². The molecule has 1 amide bonds. The molecule has 2 bridgehead atoms. The maximum Gasteiger partial charge on any atom is 0.255 e. The SMILES string of the molecule is COc1c(F)cccc1Nc1c2[nH]c3c1C(=O)NCC3CCCCOCCOCCOc1cnccc1-2. The van der Waals surface area contributed by atoms with Crippen LogP contribution >= 0.6 is 0 Å². The molecule has 2 aromatic heterocycles. The fourth-order valence-corrected chi connectivity index (χ4v) is 4.82. The second kappa shape index (κ2) is 11.6. The van der Waals surface area contributed by atoms with Crippen molar-refractivity contribution >= 4 is 17.3 Å². The summed E-state index contributed by atoms with van der Waals surface area (Å²) >= 11 is 0. The predicted octanol–water partition coefficient (Wildman–Crippen LogP) is 4.39. The molecule has 0 saturated carbocycles. The van der Waals surface area contributed by atoms with Gasteiger partial charge in [0, 0.05) is 36.5 Å². The molecular formula is C27H31FN4O5. The number of anilines is 2. The number of halogens is 1. The Hall–Kier alpha value is -3.63. The lowest BCUT2D eigenvalue weighted by Gasteiger charge is -2.24. The standard InChI is InChI=1S/C27H31FN4O5/c1-34-26-19(28)6-4-7-20(26)31-25-22-23-17(15-30-27(22)33)5-2-3-10-35-11-12-36-13-14-37-21-16-29-9-8-18(21)24(25)32-23/h4,6-9,16-17,31-32H,2-3,5,10-15H2,1H3,(H,30,33). The van der Waals surface area contributed by atoms with Crippen LogP contribution in [-0.4, -0.2) is 62.6 Å². The number of benzene rings is 1. The summed E-state index contributed by atoms with van der Waals surface area (Å²) in [6, 6.07) is 6.46. The molecule has 1 aromatic carbocycles. The number of carbonyl (C=O) groups is 1. The second-order valence-corrected chi connectivity index (χ2v) is 8.96. The molecule has 0 aliphatic carbocycles. The van der Waals surface area contributed by atoms with Gasteiger partial charge in [0.15, 0.2) is 11.6 Å². The van der Waals surface area contributed by atoms with Crippen molar-refractivity contribution in [1.82, 2.24) is 15.3 Å². The molecule has 5 rings (SSSR count). The number of H-pyrrole nitrogens is 1. The molecule has 0 spiro atoms. The van der Waals surface area contributed by atoms with Gasteiger partial charge in [-0.05, 0) is 31.0 Å². The minimum absolute atomic E-state index is 0.0639. The van der Waals surface area contributed by atoms with E-state index in [2.05, 4.69) is 20.6 Å². The summed E-state index contributed by atoms with van der Waals surface area (Å²) < 4.78 is 37.2. The quantitative estimate of drug-likeness (QED) is 0.480. The number of methoxy groups -OCH3 is 1. The molecule has 2 aliphatic heterocycles. The molecule has 9 nitrogen and oxygen atoms in total. The third-order valence-corrected chi connectivity index (χ3v) is 6.61. The topological polar surface area (TPSA) is 107 Å². The Morgan fingerprint density at radius 1 is 1.11 bits per heavy atom. The highest BCUT2D eigenvalue weighted by Gasteiger charge is 2.33. The Morgan fingerprint density at radius 2 is 1.95 bits per heavy atom. The first-order valence-electron chi connectivity index (χ1n) is 12.5. The number of rotatable bonds is 3. The van der Waals surface area contributed by atoms with E-state index in [9.17, 15) is 9.18 Å². The monoisotopic (exact) mass is 510 g/mol. The van der Waals surface area contributed by atoms with Gasteiger partial charge in [0.05, 0.1) is 55.8 Å². The molecule has 196 valence electrons. The zero-order valence-corrected chi connectivity index (χ0v) is 20.8. The summed E-state index contributed by atoms with van der Waals surface area (Å²) in [7, 11) is 1.41. The van der Waals surface area contributed by atoms with Gasteiger partial charge < -0.3 is 34.6 Å². The average molecular weight is 511 g/mol. The number of para-hydroxylation sites is 1. The molecule has 2 aliphatic rings. The van der Waals surface area contributed by atoms with Gasteiger partial charge in [-0.2, -0.15) is 0 Å².